The lowest BCUT2D eigenvalue weighted by molar-refractivity contribution is -0.143. The molecule has 0 fully saturated rings. The molecule has 0 aliphatic rings. The summed E-state index contributed by atoms with van der Waals surface area (Å²) in [6, 6.07) is 6.92. The van der Waals surface area contributed by atoms with Gasteiger partial charge in [0.2, 0.25) is 15.8 Å². The van der Waals surface area contributed by atoms with Gasteiger partial charge in [0.25, 0.3) is 5.89 Å². The smallest absolute Gasteiger partial charge is 0.416 e. The van der Waals surface area contributed by atoms with E-state index in [4.69, 9.17) is 20.9 Å². The van der Waals surface area contributed by atoms with Crippen molar-refractivity contribution in [3.63, 3.8) is 0 Å². The van der Waals surface area contributed by atoms with Crippen molar-refractivity contribution in [2.75, 3.05) is 6.54 Å². The fourth-order valence-electron chi connectivity index (χ4n) is 2.34. The van der Waals surface area contributed by atoms with Gasteiger partial charge in [0, 0.05) is 5.56 Å². The van der Waals surface area contributed by atoms with Gasteiger partial charge in [-0.05, 0) is 42.5 Å². The summed E-state index contributed by atoms with van der Waals surface area (Å²) in [4.78, 5) is 14.9. The second-order valence-corrected chi connectivity index (χ2v) is 8.29. The van der Waals surface area contributed by atoms with Crippen molar-refractivity contribution in [3.8, 4) is 11.5 Å². The molecular weight excluding hydrogens is 482 g/mol. The lowest BCUT2D eigenvalue weighted by Crippen LogP contribution is -2.31. The molecule has 0 saturated carbocycles. The lowest BCUT2D eigenvalue weighted by Gasteiger charge is -2.11. The van der Waals surface area contributed by atoms with E-state index in [-0.39, 0.29) is 11.7 Å². The van der Waals surface area contributed by atoms with Crippen LogP contribution in [-0.2, 0) is 32.3 Å². The third-order valence-corrected chi connectivity index (χ3v) is 5.76. The minimum Gasteiger partial charge on any atom is -0.456 e. The zero-order valence-corrected chi connectivity index (χ0v) is 17.3. The van der Waals surface area contributed by atoms with Crippen LogP contribution in [-0.4, -0.2) is 31.1 Å². The van der Waals surface area contributed by atoms with Gasteiger partial charge >= 0.3 is 12.1 Å². The van der Waals surface area contributed by atoms with Gasteiger partial charge in [-0.1, -0.05) is 16.8 Å². The SMILES string of the molecule is O=C(CNS(=O)(=O)c1cc(C(F)(F)F)ccc1Cl)OCc1noc(-c2ccc(F)cc2)n1. The summed E-state index contributed by atoms with van der Waals surface area (Å²) in [6.45, 7) is -1.37. The van der Waals surface area contributed by atoms with Crippen LogP contribution in [0.3, 0.4) is 0 Å². The quantitative estimate of drug-likeness (QED) is 0.395. The molecule has 170 valence electrons. The van der Waals surface area contributed by atoms with Crippen molar-refractivity contribution < 1.29 is 40.0 Å². The number of sulfonamides is 1. The summed E-state index contributed by atoms with van der Waals surface area (Å²) in [7, 11) is -4.55. The molecule has 0 atom stereocenters. The van der Waals surface area contributed by atoms with Gasteiger partial charge in [0.05, 0.1) is 10.6 Å². The molecule has 8 nitrogen and oxygen atoms in total. The molecule has 1 heterocycles. The monoisotopic (exact) mass is 493 g/mol. The summed E-state index contributed by atoms with van der Waals surface area (Å²) >= 11 is 5.70. The highest BCUT2D eigenvalue weighted by atomic mass is 35.5. The maximum atomic E-state index is 12.9. The van der Waals surface area contributed by atoms with E-state index in [9.17, 15) is 30.8 Å². The number of hydrogen-bond acceptors (Lipinski definition) is 7. The number of ether oxygens (including phenoxy) is 1. The van der Waals surface area contributed by atoms with E-state index in [1.165, 1.54) is 24.3 Å². The molecule has 0 saturated heterocycles. The zero-order valence-electron chi connectivity index (χ0n) is 15.7. The average Bonchev–Trinajstić information content (AvgIpc) is 3.19. The molecule has 3 rings (SSSR count). The number of nitrogens with one attached hydrogen (secondary N) is 1. The first-order valence-electron chi connectivity index (χ1n) is 8.56. The van der Waals surface area contributed by atoms with Crippen molar-refractivity contribution in [1.29, 1.82) is 0 Å². The molecule has 0 radical (unpaired) electrons. The van der Waals surface area contributed by atoms with Crippen LogP contribution in [0.2, 0.25) is 5.02 Å². The molecule has 32 heavy (non-hydrogen) atoms. The number of carbonyl (C=O) groups is 1. The van der Waals surface area contributed by atoms with Crippen LogP contribution in [0, 0.1) is 5.82 Å². The van der Waals surface area contributed by atoms with E-state index in [1.54, 1.807) is 0 Å². The van der Waals surface area contributed by atoms with Crippen LogP contribution in [0.4, 0.5) is 17.6 Å². The highest BCUT2D eigenvalue weighted by Gasteiger charge is 2.32. The van der Waals surface area contributed by atoms with Crippen LogP contribution < -0.4 is 4.72 Å². The number of rotatable bonds is 7. The van der Waals surface area contributed by atoms with E-state index >= 15 is 0 Å². The van der Waals surface area contributed by atoms with Gasteiger partial charge in [-0.3, -0.25) is 4.79 Å². The summed E-state index contributed by atoms with van der Waals surface area (Å²) < 4.78 is 87.5. The van der Waals surface area contributed by atoms with Crippen molar-refractivity contribution in [1.82, 2.24) is 14.9 Å². The molecular formula is C18H12ClF4N3O5S. The largest absolute Gasteiger partial charge is 0.456 e. The number of carbonyl (C=O) groups excluding carboxylic acids is 1. The molecule has 3 aromatic rings. The van der Waals surface area contributed by atoms with Gasteiger partial charge < -0.3 is 9.26 Å². The molecule has 0 aliphatic heterocycles. The Morgan fingerprint density at radius 1 is 1.16 bits per heavy atom. The molecule has 0 spiro atoms. The Hall–Kier alpha value is -3.03. The van der Waals surface area contributed by atoms with Crippen LogP contribution >= 0.6 is 11.6 Å². The number of halogens is 5. The van der Waals surface area contributed by atoms with Gasteiger partial charge in [0.1, 0.15) is 17.3 Å². The maximum Gasteiger partial charge on any atom is 0.416 e. The summed E-state index contributed by atoms with van der Waals surface area (Å²) in [5, 5.41) is 3.11. The van der Waals surface area contributed by atoms with E-state index in [2.05, 4.69) is 10.1 Å². The average molecular weight is 494 g/mol. The van der Waals surface area contributed by atoms with Crippen LogP contribution in [0.25, 0.3) is 11.5 Å². The maximum absolute atomic E-state index is 12.9. The van der Waals surface area contributed by atoms with Gasteiger partial charge in [-0.2, -0.15) is 22.9 Å². The fourth-order valence-corrected chi connectivity index (χ4v) is 3.83. The van der Waals surface area contributed by atoms with Crippen molar-refractivity contribution >= 4 is 27.6 Å². The third-order valence-electron chi connectivity index (χ3n) is 3.88. The molecule has 14 heteroatoms. The Morgan fingerprint density at radius 3 is 2.50 bits per heavy atom. The molecule has 0 aliphatic carbocycles. The summed E-state index contributed by atoms with van der Waals surface area (Å²) in [5.74, 6) is -1.54. The zero-order chi connectivity index (χ0) is 23.5. The highest BCUT2D eigenvalue weighted by Crippen LogP contribution is 2.33. The Bertz CT molecular complexity index is 1230. The topological polar surface area (TPSA) is 111 Å². The van der Waals surface area contributed by atoms with E-state index in [1.807, 2.05) is 4.72 Å². The van der Waals surface area contributed by atoms with Crippen LogP contribution in [0.1, 0.15) is 11.4 Å². The molecule has 0 unspecified atom stereocenters. The first-order valence-corrected chi connectivity index (χ1v) is 10.4. The van der Waals surface area contributed by atoms with Gasteiger partial charge in [-0.25, -0.2) is 12.8 Å². The molecule has 0 amide bonds. The second-order valence-electron chi connectivity index (χ2n) is 6.15. The summed E-state index contributed by atoms with van der Waals surface area (Å²) in [5.41, 5.74) is -0.805. The predicted octanol–water partition coefficient (Wildman–Crippen LogP) is 3.57. The minimum absolute atomic E-state index is 0.0379. The first-order chi connectivity index (χ1) is 15.0. The Kier molecular flexibility index (Phi) is 6.81. The number of nitrogens with zero attached hydrogens (tertiary/aromatic N) is 2. The van der Waals surface area contributed by atoms with Crippen LogP contribution in [0.15, 0.2) is 51.9 Å². The first kappa shape index (κ1) is 23.6. The number of hydrogen-bond donors (Lipinski definition) is 1. The molecule has 2 aromatic carbocycles. The summed E-state index contributed by atoms with van der Waals surface area (Å²) in [6.07, 6.45) is -4.79. The van der Waals surface area contributed by atoms with E-state index in [0.717, 1.165) is 6.07 Å². The van der Waals surface area contributed by atoms with E-state index < -0.39 is 56.6 Å². The third kappa shape index (κ3) is 5.81. The molecule has 0 bridgehead atoms. The van der Waals surface area contributed by atoms with Gasteiger partial charge in [-0.15, -0.1) is 0 Å². The molecule has 1 N–H and O–H groups in total. The molecule has 1 aromatic heterocycles. The number of esters is 1. The Balaban J connectivity index is 1.59. The Morgan fingerprint density at radius 2 is 1.84 bits per heavy atom. The van der Waals surface area contributed by atoms with Crippen molar-refractivity contribution in [3.05, 3.63) is 64.7 Å². The Labute approximate surface area is 183 Å². The highest BCUT2D eigenvalue weighted by molar-refractivity contribution is 7.89. The number of benzene rings is 2. The minimum atomic E-state index is -4.79. The predicted molar refractivity (Wildman–Crippen MR) is 101 cm³/mol. The van der Waals surface area contributed by atoms with Crippen LogP contribution in [0.5, 0.6) is 0 Å². The second kappa shape index (κ2) is 9.22. The van der Waals surface area contributed by atoms with Crippen molar-refractivity contribution in [2.24, 2.45) is 0 Å². The van der Waals surface area contributed by atoms with Gasteiger partial charge in [0.15, 0.2) is 6.61 Å². The standard InChI is InChI=1S/C18H12ClF4N3O5S/c19-13-6-3-11(18(21,22)23)7-14(13)32(28,29)24-8-16(27)30-9-15-25-17(31-26-15)10-1-4-12(20)5-2-10/h1-7,24H,8-9H2. The number of alkyl halides is 3. The lowest BCUT2D eigenvalue weighted by atomic mass is 10.2. The van der Waals surface area contributed by atoms with Crippen molar-refractivity contribution in [2.45, 2.75) is 17.7 Å². The number of aromatic nitrogens is 2. The normalized spacial score (nSPS) is 12.0. The fraction of sp³-hybridized carbons (Fsp3) is 0.167. The van der Waals surface area contributed by atoms with E-state index in [0.29, 0.717) is 17.7 Å².